The quantitative estimate of drug-likeness (QED) is 0.509. The lowest BCUT2D eigenvalue weighted by Gasteiger charge is -2.18. The number of hydroxylamine groups is 2. The molecule has 0 saturated heterocycles. The Labute approximate surface area is 83.2 Å². The monoisotopic (exact) mass is 200 g/mol. The van der Waals surface area contributed by atoms with E-state index in [1.165, 1.54) is 6.92 Å². The molecule has 5 nitrogen and oxygen atoms in total. The molecule has 0 atom stereocenters. The van der Waals surface area contributed by atoms with Gasteiger partial charge in [0, 0.05) is 5.57 Å². The highest BCUT2D eigenvalue weighted by Gasteiger charge is 2.17. The van der Waals surface area contributed by atoms with Gasteiger partial charge in [-0.05, 0) is 20.8 Å². The molecule has 0 aromatic heterocycles. The van der Waals surface area contributed by atoms with E-state index in [9.17, 15) is 9.59 Å². The van der Waals surface area contributed by atoms with E-state index in [4.69, 9.17) is 0 Å². The van der Waals surface area contributed by atoms with E-state index in [1.54, 1.807) is 6.92 Å². The minimum Gasteiger partial charge on any atom is -0.447 e. The number of amides is 1. The lowest BCUT2D eigenvalue weighted by Crippen LogP contribution is -2.34. The highest BCUT2D eigenvalue weighted by atomic mass is 16.7. The molecule has 0 aliphatic carbocycles. The van der Waals surface area contributed by atoms with Gasteiger partial charge in [-0.3, -0.25) is 0 Å². The van der Waals surface area contributed by atoms with Crippen LogP contribution in [-0.4, -0.2) is 30.3 Å². The first-order valence-electron chi connectivity index (χ1n) is 4.14. The van der Waals surface area contributed by atoms with Crippen molar-refractivity contribution in [3.05, 3.63) is 19.1 Å². The van der Waals surface area contributed by atoms with Crippen LogP contribution in [0.4, 0.5) is 4.79 Å². The molecule has 0 aliphatic heterocycles. The molecule has 14 heavy (non-hydrogen) atoms. The Kier molecular flexibility index (Phi) is 5.36. The Morgan fingerprint density at radius 1 is 1.43 bits per heavy atom. The van der Waals surface area contributed by atoms with Crippen LogP contribution in [0.3, 0.4) is 0 Å². The molecule has 0 N–H and O–H groups in total. The molecule has 0 unspecified atom stereocenters. The predicted molar refractivity (Wildman–Crippen MR) is 50.0 cm³/mol. The molecular weight excluding hydrogens is 186 g/mol. The molecule has 0 aromatic rings. The molecule has 0 saturated carbocycles. The van der Waals surface area contributed by atoms with Crippen LogP contribution in [0.25, 0.3) is 0 Å². The van der Waals surface area contributed by atoms with Crippen LogP contribution in [0.1, 0.15) is 13.8 Å². The van der Waals surface area contributed by atoms with Crippen LogP contribution in [0.15, 0.2) is 12.2 Å². The summed E-state index contributed by atoms with van der Waals surface area (Å²) in [5.74, 6) is -0.659. The Balaban J connectivity index is 4.21. The molecule has 0 aromatic carbocycles. The largest absolute Gasteiger partial charge is 0.447 e. The standard InChI is InChI=1S/C9H14NO4/c1-5-10(9(12)13-6-2)14-8(11)7(3)4/h2-3,5-6H2,1,4H3. The molecule has 0 aliphatic rings. The van der Waals surface area contributed by atoms with Crippen LogP contribution in [0, 0.1) is 6.92 Å². The lowest BCUT2D eigenvalue weighted by atomic mass is 10.4. The van der Waals surface area contributed by atoms with Crippen molar-refractivity contribution in [1.82, 2.24) is 5.06 Å². The highest BCUT2D eigenvalue weighted by molar-refractivity contribution is 5.87. The third kappa shape index (κ3) is 3.93. The van der Waals surface area contributed by atoms with Gasteiger partial charge in [-0.15, -0.1) is 5.06 Å². The van der Waals surface area contributed by atoms with Crippen molar-refractivity contribution in [3.8, 4) is 0 Å². The lowest BCUT2D eigenvalue weighted by molar-refractivity contribution is -0.175. The number of carbonyl (C=O) groups is 2. The zero-order valence-corrected chi connectivity index (χ0v) is 8.41. The van der Waals surface area contributed by atoms with E-state index in [1.807, 2.05) is 0 Å². The maximum Gasteiger partial charge on any atom is 0.443 e. The zero-order valence-electron chi connectivity index (χ0n) is 8.41. The molecule has 1 radical (unpaired) electrons. The molecule has 1 amide bonds. The Bertz CT molecular complexity index is 237. The van der Waals surface area contributed by atoms with Gasteiger partial charge in [-0.2, -0.15) is 0 Å². The number of hydrogen-bond donors (Lipinski definition) is 0. The molecule has 5 heteroatoms. The number of hydrogen-bond acceptors (Lipinski definition) is 4. The number of carbonyl (C=O) groups excluding carboxylic acids is 2. The fraction of sp³-hybridized carbons (Fsp3) is 0.444. The number of nitrogens with zero attached hydrogens (tertiary/aromatic N) is 1. The summed E-state index contributed by atoms with van der Waals surface area (Å²) in [7, 11) is 0. The van der Waals surface area contributed by atoms with E-state index < -0.39 is 12.1 Å². The van der Waals surface area contributed by atoms with Gasteiger partial charge in [0.25, 0.3) is 0 Å². The summed E-state index contributed by atoms with van der Waals surface area (Å²) < 4.78 is 4.54. The second-order valence-corrected chi connectivity index (χ2v) is 2.47. The second-order valence-electron chi connectivity index (χ2n) is 2.47. The van der Waals surface area contributed by atoms with Crippen molar-refractivity contribution in [2.24, 2.45) is 0 Å². The average Bonchev–Trinajstić information content (AvgIpc) is 2.13. The first-order valence-corrected chi connectivity index (χ1v) is 4.14. The zero-order chi connectivity index (χ0) is 11.1. The summed E-state index contributed by atoms with van der Waals surface area (Å²) >= 11 is 0. The molecule has 0 fully saturated rings. The maximum atomic E-state index is 11.1. The van der Waals surface area contributed by atoms with Gasteiger partial charge in [-0.1, -0.05) is 6.58 Å². The summed E-state index contributed by atoms with van der Waals surface area (Å²) in [5.41, 5.74) is 0.214. The fourth-order valence-electron chi connectivity index (χ4n) is 0.568. The van der Waals surface area contributed by atoms with E-state index in [0.717, 1.165) is 5.06 Å². The SMILES string of the molecule is [CH2]COC(=O)N(CC)OC(=O)C(=C)C. The molecule has 79 valence electrons. The van der Waals surface area contributed by atoms with Gasteiger partial charge in [0.05, 0.1) is 13.2 Å². The van der Waals surface area contributed by atoms with E-state index >= 15 is 0 Å². The third-order valence-electron chi connectivity index (χ3n) is 1.26. The Morgan fingerprint density at radius 2 is 2.00 bits per heavy atom. The van der Waals surface area contributed by atoms with Crippen molar-refractivity contribution in [1.29, 1.82) is 0 Å². The van der Waals surface area contributed by atoms with Crippen LogP contribution < -0.4 is 0 Å². The summed E-state index contributed by atoms with van der Waals surface area (Å²) in [6.45, 7) is 10.0. The summed E-state index contributed by atoms with van der Waals surface area (Å²) in [6.07, 6.45) is -0.739. The topological polar surface area (TPSA) is 55.8 Å². The van der Waals surface area contributed by atoms with Gasteiger partial charge in [0.15, 0.2) is 0 Å². The van der Waals surface area contributed by atoms with Crippen molar-refractivity contribution >= 4 is 12.1 Å². The van der Waals surface area contributed by atoms with Gasteiger partial charge in [0.1, 0.15) is 0 Å². The summed E-state index contributed by atoms with van der Waals surface area (Å²) in [4.78, 5) is 26.8. The molecule has 0 bridgehead atoms. The van der Waals surface area contributed by atoms with Crippen LogP contribution in [-0.2, 0) is 14.4 Å². The van der Waals surface area contributed by atoms with E-state index in [0.29, 0.717) is 0 Å². The minimum absolute atomic E-state index is 0.0139. The molecular formula is C9H14NO4. The maximum absolute atomic E-state index is 11.1. The number of ether oxygens (including phenoxy) is 1. The smallest absolute Gasteiger partial charge is 0.443 e. The highest BCUT2D eigenvalue weighted by Crippen LogP contribution is 2.00. The average molecular weight is 200 g/mol. The van der Waals surface area contributed by atoms with Crippen molar-refractivity contribution in [2.75, 3.05) is 13.2 Å². The number of rotatable bonds is 3. The summed E-state index contributed by atoms with van der Waals surface area (Å²) in [6, 6.07) is 0. The third-order valence-corrected chi connectivity index (χ3v) is 1.26. The Morgan fingerprint density at radius 3 is 2.36 bits per heavy atom. The van der Waals surface area contributed by atoms with Gasteiger partial charge < -0.3 is 9.57 Å². The first-order chi connectivity index (χ1) is 6.52. The van der Waals surface area contributed by atoms with Crippen molar-refractivity contribution < 1.29 is 19.2 Å². The normalized spacial score (nSPS) is 9.07. The van der Waals surface area contributed by atoms with E-state index in [-0.39, 0.29) is 18.7 Å². The Hall–Kier alpha value is -1.52. The molecule has 0 heterocycles. The minimum atomic E-state index is -0.739. The van der Waals surface area contributed by atoms with Crippen LogP contribution >= 0.6 is 0 Å². The van der Waals surface area contributed by atoms with Gasteiger partial charge in [-0.25, -0.2) is 9.59 Å². The molecule has 0 rings (SSSR count). The van der Waals surface area contributed by atoms with Crippen molar-refractivity contribution in [3.63, 3.8) is 0 Å². The van der Waals surface area contributed by atoms with E-state index in [2.05, 4.69) is 23.1 Å². The van der Waals surface area contributed by atoms with Crippen LogP contribution in [0.5, 0.6) is 0 Å². The summed E-state index contributed by atoms with van der Waals surface area (Å²) in [5, 5.41) is 0.808. The van der Waals surface area contributed by atoms with Gasteiger partial charge in [0.2, 0.25) is 0 Å². The molecule has 0 spiro atoms. The first kappa shape index (κ1) is 12.5. The fourth-order valence-corrected chi connectivity index (χ4v) is 0.568. The van der Waals surface area contributed by atoms with Crippen LogP contribution in [0.2, 0.25) is 0 Å². The van der Waals surface area contributed by atoms with Gasteiger partial charge >= 0.3 is 12.1 Å². The van der Waals surface area contributed by atoms with Crippen molar-refractivity contribution in [2.45, 2.75) is 13.8 Å². The second kappa shape index (κ2) is 6.01. The predicted octanol–water partition coefficient (Wildman–Crippen LogP) is 1.31.